The Morgan fingerprint density at radius 1 is 1.06 bits per heavy atom. The highest BCUT2D eigenvalue weighted by Crippen LogP contribution is 2.52. The molecule has 2 saturated heterocycles. The molecule has 14 nitrogen and oxygen atoms in total. The van der Waals surface area contributed by atoms with Gasteiger partial charge in [0.05, 0.1) is 50.2 Å². The van der Waals surface area contributed by atoms with Gasteiger partial charge in [0.1, 0.15) is 17.1 Å². The number of piperidine rings is 1. The van der Waals surface area contributed by atoms with Crippen molar-refractivity contribution in [1.29, 1.82) is 0 Å². The van der Waals surface area contributed by atoms with Crippen LogP contribution in [0.1, 0.15) is 71.1 Å². The summed E-state index contributed by atoms with van der Waals surface area (Å²) in [5.74, 6) is -1.97. The fourth-order valence-electron chi connectivity index (χ4n) is 6.05. The first-order valence-electron chi connectivity index (χ1n) is 16.9. The number of para-hydroxylation sites is 1. The summed E-state index contributed by atoms with van der Waals surface area (Å²) in [6, 6.07) is 5.23. The van der Waals surface area contributed by atoms with Crippen LogP contribution in [0.15, 0.2) is 24.3 Å². The summed E-state index contributed by atoms with van der Waals surface area (Å²) in [4.78, 5) is 46.8. The molecule has 0 unspecified atom stereocenters. The van der Waals surface area contributed by atoms with E-state index in [1.807, 2.05) is 13.8 Å². The van der Waals surface area contributed by atoms with Crippen LogP contribution < -0.4 is 0 Å². The zero-order valence-electron chi connectivity index (χ0n) is 29.6. The van der Waals surface area contributed by atoms with Crippen molar-refractivity contribution < 1.29 is 41.9 Å². The molecule has 0 N–H and O–H groups in total. The van der Waals surface area contributed by atoms with E-state index in [1.54, 1.807) is 50.5 Å². The van der Waals surface area contributed by atoms with Gasteiger partial charge in [-0.2, -0.15) is 0 Å². The highest BCUT2D eigenvalue weighted by atomic mass is 31.2. The highest BCUT2D eigenvalue weighted by Gasteiger charge is 2.43. The SMILES string of the molecule is CCOP(=O)(Cc1c(C(=O)N(CC(C)C)[C@H]2C[C@@H](C(=O)N3CCOCC3)CN(C(=O)OC(C)(C)C)C2)nnn1-c1ccccc1F)OCC. The van der Waals surface area contributed by atoms with Crippen molar-refractivity contribution in [2.24, 2.45) is 11.8 Å². The second-order valence-electron chi connectivity index (χ2n) is 13.6. The molecule has 2 aromatic rings. The average Bonchev–Trinajstić information content (AvgIpc) is 3.45. The number of hydrogen-bond acceptors (Lipinski definition) is 10. The van der Waals surface area contributed by atoms with Crippen molar-refractivity contribution in [1.82, 2.24) is 29.7 Å². The molecule has 16 heteroatoms. The third-order valence-corrected chi connectivity index (χ3v) is 10.0. The molecule has 2 aliphatic heterocycles. The molecule has 0 saturated carbocycles. The lowest BCUT2D eigenvalue weighted by Crippen LogP contribution is -2.58. The molecule has 2 fully saturated rings. The third-order valence-electron chi connectivity index (χ3n) is 8.06. The quantitative estimate of drug-likeness (QED) is 0.283. The molecule has 1 aromatic carbocycles. The standard InChI is InChI=1S/C33H50FN6O8P/c1-8-46-49(44,47-9-2)22-28-29(35-36-40(28)27-13-11-10-12-26(27)34)31(42)39(19-23(3)4)25-18-24(30(41)37-14-16-45-17-15-37)20-38(21-25)32(43)48-33(5,6)7/h10-13,23-25H,8-9,14-22H2,1-7H3/t24-,25+/m1/s1. The van der Waals surface area contributed by atoms with Crippen LogP contribution in [-0.4, -0.2) is 118 Å². The Morgan fingerprint density at radius 3 is 2.31 bits per heavy atom. The lowest BCUT2D eigenvalue weighted by atomic mass is 9.91. The average molecular weight is 709 g/mol. The number of halogens is 1. The van der Waals surface area contributed by atoms with E-state index in [2.05, 4.69) is 10.3 Å². The van der Waals surface area contributed by atoms with E-state index < -0.39 is 49.1 Å². The number of nitrogens with zero attached hydrogens (tertiary/aromatic N) is 6. The molecule has 2 aliphatic rings. The lowest BCUT2D eigenvalue weighted by Gasteiger charge is -2.44. The number of likely N-dealkylation sites (tertiary alicyclic amines) is 1. The number of rotatable bonds is 12. The van der Waals surface area contributed by atoms with Gasteiger partial charge in [-0.05, 0) is 59.1 Å². The van der Waals surface area contributed by atoms with Gasteiger partial charge in [0.15, 0.2) is 5.69 Å². The predicted molar refractivity (Wildman–Crippen MR) is 179 cm³/mol. The zero-order chi connectivity index (χ0) is 35.9. The molecule has 0 bridgehead atoms. The first kappa shape index (κ1) is 38.4. The molecular formula is C33H50FN6O8P. The van der Waals surface area contributed by atoms with Crippen LogP contribution >= 0.6 is 7.60 Å². The minimum atomic E-state index is -3.83. The van der Waals surface area contributed by atoms with Gasteiger partial charge in [-0.3, -0.25) is 14.2 Å². The lowest BCUT2D eigenvalue weighted by molar-refractivity contribution is -0.142. The van der Waals surface area contributed by atoms with Gasteiger partial charge in [-0.15, -0.1) is 5.10 Å². The zero-order valence-corrected chi connectivity index (χ0v) is 30.5. The number of morpholine rings is 1. The first-order chi connectivity index (χ1) is 23.2. The monoisotopic (exact) mass is 708 g/mol. The van der Waals surface area contributed by atoms with Crippen LogP contribution in [0.2, 0.25) is 0 Å². The van der Waals surface area contributed by atoms with Gasteiger partial charge >= 0.3 is 13.7 Å². The van der Waals surface area contributed by atoms with Crippen LogP contribution in [0, 0.1) is 17.7 Å². The number of hydrogen-bond donors (Lipinski definition) is 0. The van der Waals surface area contributed by atoms with Gasteiger partial charge < -0.3 is 33.2 Å². The van der Waals surface area contributed by atoms with E-state index in [4.69, 9.17) is 18.5 Å². The first-order valence-corrected chi connectivity index (χ1v) is 18.6. The Morgan fingerprint density at radius 2 is 1.71 bits per heavy atom. The topological polar surface area (TPSA) is 146 Å². The largest absolute Gasteiger partial charge is 0.444 e. The Hall–Kier alpha value is -3.39. The van der Waals surface area contributed by atoms with Gasteiger partial charge in [-0.25, -0.2) is 13.9 Å². The molecular weight excluding hydrogens is 658 g/mol. The summed E-state index contributed by atoms with van der Waals surface area (Å²) >= 11 is 0. The Balaban J connectivity index is 1.78. The van der Waals surface area contributed by atoms with Crippen molar-refractivity contribution in [2.75, 3.05) is 59.2 Å². The van der Waals surface area contributed by atoms with E-state index in [0.29, 0.717) is 26.3 Å². The van der Waals surface area contributed by atoms with Gasteiger partial charge in [0.25, 0.3) is 5.91 Å². The molecule has 0 radical (unpaired) electrons. The second-order valence-corrected chi connectivity index (χ2v) is 15.7. The van der Waals surface area contributed by atoms with Crippen molar-refractivity contribution in [3.63, 3.8) is 0 Å². The fraction of sp³-hybridized carbons (Fsp3) is 0.667. The van der Waals surface area contributed by atoms with Crippen LogP contribution in [0.5, 0.6) is 0 Å². The number of carbonyl (C=O) groups is 3. The van der Waals surface area contributed by atoms with E-state index in [-0.39, 0.29) is 68.2 Å². The van der Waals surface area contributed by atoms with E-state index in [0.717, 1.165) is 4.68 Å². The molecule has 272 valence electrons. The number of amides is 3. The summed E-state index contributed by atoms with van der Waals surface area (Å²) < 4.78 is 52.4. The maximum Gasteiger partial charge on any atom is 0.410 e. The molecule has 2 atom stereocenters. The van der Waals surface area contributed by atoms with Crippen LogP contribution in [0.25, 0.3) is 5.69 Å². The summed E-state index contributed by atoms with van der Waals surface area (Å²) in [6.07, 6.45) is -0.713. The predicted octanol–water partition coefficient (Wildman–Crippen LogP) is 4.76. The van der Waals surface area contributed by atoms with E-state index in [1.165, 1.54) is 23.1 Å². The van der Waals surface area contributed by atoms with Crippen LogP contribution in [0.3, 0.4) is 0 Å². The summed E-state index contributed by atoms with van der Waals surface area (Å²) in [5.41, 5.74) is -0.885. The fourth-order valence-corrected chi connectivity index (χ4v) is 7.75. The minimum Gasteiger partial charge on any atom is -0.444 e. The number of ether oxygens (including phenoxy) is 2. The third kappa shape index (κ3) is 9.87. The van der Waals surface area contributed by atoms with Crippen molar-refractivity contribution >= 4 is 25.5 Å². The molecule has 49 heavy (non-hydrogen) atoms. The summed E-state index contributed by atoms with van der Waals surface area (Å²) in [5, 5.41) is 8.38. The molecule has 1 aromatic heterocycles. The molecule has 3 amide bonds. The van der Waals surface area contributed by atoms with Crippen molar-refractivity contribution in [2.45, 2.75) is 72.7 Å². The maximum absolute atomic E-state index is 15.1. The van der Waals surface area contributed by atoms with Crippen molar-refractivity contribution in [3.05, 3.63) is 41.5 Å². The van der Waals surface area contributed by atoms with E-state index in [9.17, 15) is 18.9 Å². The molecule has 4 rings (SSSR count). The van der Waals surface area contributed by atoms with Crippen LogP contribution in [-0.2, 0) is 34.0 Å². The van der Waals surface area contributed by atoms with E-state index >= 15 is 4.39 Å². The number of aromatic nitrogens is 3. The van der Waals surface area contributed by atoms with Crippen molar-refractivity contribution in [3.8, 4) is 5.69 Å². The summed E-state index contributed by atoms with van der Waals surface area (Å²) in [7, 11) is -3.83. The Labute approximate surface area is 287 Å². The summed E-state index contributed by atoms with van der Waals surface area (Å²) in [6.45, 7) is 14.9. The molecule has 0 aliphatic carbocycles. The van der Waals surface area contributed by atoms with Gasteiger partial charge in [-0.1, -0.05) is 31.2 Å². The smallest absolute Gasteiger partial charge is 0.410 e. The van der Waals surface area contributed by atoms with Crippen LogP contribution in [0.4, 0.5) is 9.18 Å². The second kappa shape index (κ2) is 16.5. The Bertz CT molecular complexity index is 1500. The molecule has 3 heterocycles. The molecule has 0 spiro atoms. The number of benzene rings is 1. The highest BCUT2D eigenvalue weighted by molar-refractivity contribution is 7.53. The van der Waals surface area contributed by atoms with Gasteiger partial charge in [0.2, 0.25) is 5.91 Å². The number of carbonyl (C=O) groups excluding carboxylic acids is 3. The minimum absolute atomic E-state index is 0.00365. The Kier molecular flexibility index (Phi) is 13.0. The maximum atomic E-state index is 15.1. The van der Waals surface area contributed by atoms with Gasteiger partial charge in [0, 0.05) is 32.7 Å². The normalized spacial score (nSPS) is 18.9.